The Kier molecular flexibility index (Phi) is 12.5. The number of nitrogens with zero attached hydrogens (tertiary/aromatic N) is 2. The number of anilines is 2. The van der Waals surface area contributed by atoms with Crippen molar-refractivity contribution >= 4 is 90.0 Å². The van der Waals surface area contributed by atoms with Crippen molar-refractivity contribution in [2.75, 3.05) is 10.6 Å². The third-order valence-corrected chi connectivity index (χ3v) is 7.89. The summed E-state index contributed by atoms with van der Waals surface area (Å²) in [7, 11) is 0. The van der Waals surface area contributed by atoms with Crippen LogP contribution in [0.15, 0.2) is 12.1 Å². The molecule has 0 bridgehead atoms. The van der Waals surface area contributed by atoms with Crippen LogP contribution in [0.1, 0.15) is 79.1 Å². The molecule has 1 aromatic carbocycles. The molecule has 2 amide bonds. The number of fused-ring (bicyclic) bond motifs is 2. The van der Waals surface area contributed by atoms with E-state index in [1.54, 1.807) is 0 Å². The van der Waals surface area contributed by atoms with Crippen molar-refractivity contribution < 1.29 is 9.59 Å². The fourth-order valence-electron chi connectivity index (χ4n) is 4.39. The van der Waals surface area contributed by atoms with Crippen LogP contribution in [0, 0.1) is 0 Å². The number of carbonyl (C=O) groups excluding carboxylic acids is 2. The Bertz CT molecular complexity index is 1020. The molecule has 3 rings (SSSR count). The SMILES string of the molecule is CCCC(N)(CCC)C(=O)Nc1nc2cc3nc(NC(=O)C(N)(CCC)CCC)sc3cc2s1.Cl.Cl. The lowest BCUT2D eigenvalue weighted by atomic mass is 9.89. The molecule has 12 heteroatoms. The zero-order chi connectivity index (χ0) is 24.9. The molecule has 0 aliphatic rings. The Labute approximate surface area is 233 Å². The van der Waals surface area contributed by atoms with Crippen molar-refractivity contribution in [3.05, 3.63) is 12.1 Å². The van der Waals surface area contributed by atoms with E-state index in [4.69, 9.17) is 11.5 Å². The van der Waals surface area contributed by atoms with Gasteiger partial charge in [0.2, 0.25) is 11.8 Å². The van der Waals surface area contributed by atoms with Gasteiger partial charge in [0.15, 0.2) is 10.3 Å². The summed E-state index contributed by atoms with van der Waals surface area (Å²) in [6.45, 7) is 8.11. The largest absolute Gasteiger partial charge is 0.317 e. The molecule has 0 aliphatic heterocycles. The Morgan fingerprint density at radius 3 is 1.36 bits per heavy atom. The molecule has 0 saturated carbocycles. The lowest BCUT2D eigenvalue weighted by Gasteiger charge is -2.26. The summed E-state index contributed by atoms with van der Waals surface area (Å²) in [4.78, 5) is 34.9. The molecular weight excluding hydrogens is 539 g/mol. The van der Waals surface area contributed by atoms with Crippen molar-refractivity contribution in [2.24, 2.45) is 11.5 Å². The molecule has 0 unspecified atom stereocenters. The van der Waals surface area contributed by atoms with E-state index in [9.17, 15) is 9.59 Å². The zero-order valence-electron chi connectivity index (χ0n) is 21.3. The summed E-state index contributed by atoms with van der Waals surface area (Å²) in [5.74, 6) is -0.380. The topological polar surface area (TPSA) is 136 Å². The monoisotopic (exact) mass is 576 g/mol. The zero-order valence-corrected chi connectivity index (χ0v) is 24.6. The van der Waals surface area contributed by atoms with E-state index in [0.717, 1.165) is 46.1 Å². The minimum atomic E-state index is -0.885. The molecule has 0 saturated heterocycles. The van der Waals surface area contributed by atoms with Crippen LogP contribution in [0.5, 0.6) is 0 Å². The highest BCUT2D eigenvalue weighted by Gasteiger charge is 2.33. The molecule has 202 valence electrons. The van der Waals surface area contributed by atoms with Crippen LogP contribution in [-0.4, -0.2) is 32.9 Å². The first-order valence-electron chi connectivity index (χ1n) is 12.1. The third-order valence-electron chi connectivity index (χ3n) is 6.03. The molecule has 8 nitrogen and oxygen atoms in total. The van der Waals surface area contributed by atoms with Crippen molar-refractivity contribution in [3.8, 4) is 0 Å². The molecule has 36 heavy (non-hydrogen) atoms. The first-order valence-corrected chi connectivity index (χ1v) is 13.7. The molecule has 2 heterocycles. The van der Waals surface area contributed by atoms with E-state index in [2.05, 4.69) is 20.6 Å². The number of rotatable bonds is 12. The predicted octanol–water partition coefficient (Wildman–Crippen LogP) is 6.22. The van der Waals surface area contributed by atoms with Crippen LogP contribution in [0.4, 0.5) is 10.3 Å². The van der Waals surface area contributed by atoms with Gasteiger partial charge in [-0.3, -0.25) is 9.59 Å². The summed E-state index contributed by atoms with van der Waals surface area (Å²) >= 11 is 2.81. The molecule has 0 spiro atoms. The summed E-state index contributed by atoms with van der Waals surface area (Å²) in [6.07, 6.45) is 5.89. The maximum atomic E-state index is 12.9. The molecule has 6 N–H and O–H groups in total. The van der Waals surface area contributed by atoms with Crippen molar-refractivity contribution in [3.63, 3.8) is 0 Å². The van der Waals surface area contributed by atoms with Crippen LogP contribution < -0.4 is 22.1 Å². The van der Waals surface area contributed by atoms with Crippen LogP contribution in [0.2, 0.25) is 0 Å². The van der Waals surface area contributed by atoms with E-state index >= 15 is 0 Å². The smallest absolute Gasteiger partial charge is 0.246 e. The van der Waals surface area contributed by atoms with Crippen LogP contribution in [-0.2, 0) is 9.59 Å². The highest BCUT2D eigenvalue weighted by molar-refractivity contribution is 7.24. The van der Waals surface area contributed by atoms with Gasteiger partial charge >= 0.3 is 0 Å². The number of amides is 2. The molecule has 0 radical (unpaired) electrons. The maximum absolute atomic E-state index is 12.9. The van der Waals surface area contributed by atoms with Gasteiger partial charge in [-0.25, -0.2) is 9.97 Å². The number of thiazole rings is 2. The molecule has 2 aromatic heterocycles. The summed E-state index contributed by atoms with van der Waals surface area (Å²) in [5.41, 5.74) is 12.5. The second-order valence-corrected chi connectivity index (χ2v) is 11.1. The molecular formula is C24H38Cl2N6O2S2. The van der Waals surface area contributed by atoms with Crippen molar-refractivity contribution in [1.82, 2.24) is 9.97 Å². The van der Waals surface area contributed by atoms with Crippen LogP contribution in [0.25, 0.3) is 20.4 Å². The van der Waals surface area contributed by atoms with Crippen molar-refractivity contribution in [1.29, 1.82) is 0 Å². The van der Waals surface area contributed by atoms with E-state index in [0.29, 0.717) is 35.9 Å². The number of hydrogen-bond acceptors (Lipinski definition) is 8. The van der Waals surface area contributed by atoms with Gasteiger partial charge in [0, 0.05) is 0 Å². The standard InChI is InChI=1S/C24H36N6O2S2.2ClH/c1-5-9-23(25,10-6-2)19(31)29-21-27-15-13-16-18(14-17(15)33-21)34-22(28-16)30-20(32)24(26,11-7-3)12-8-4;;/h13-14H,5-12,25-26H2,1-4H3,(H,27,29,31)(H,28,30,32);2*1H. The van der Waals surface area contributed by atoms with Gasteiger partial charge in [-0.1, -0.05) is 76.1 Å². The average Bonchev–Trinajstić information content (AvgIpc) is 3.34. The van der Waals surface area contributed by atoms with Gasteiger partial charge < -0.3 is 22.1 Å². The number of aromatic nitrogens is 2. The van der Waals surface area contributed by atoms with Gasteiger partial charge in [0.25, 0.3) is 0 Å². The molecule has 0 aliphatic carbocycles. The Hall–Kier alpha value is -1.56. The van der Waals surface area contributed by atoms with Crippen LogP contribution in [0.3, 0.4) is 0 Å². The Balaban J connectivity index is 0.00000324. The van der Waals surface area contributed by atoms with Crippen molar-refractivity contribution in [2.45, 2.75) is 90.1 Å². The highest BCUT2D eigenvalue weighted by atomic mass is 35.5. The average molecular weight is 578 g/mol. The number of nitrogens with one attached hydrogen (secondary N) is 2. The molecule has 3 aromatic rings. The Morgan fingerprint density at radius 1 is 0.722 bits per heavy atom. The minimum Gasteiger partial charge on any atom is -0.317 e. The van der Waals surface area contributed by atoms with E-state index < -0.39 is 11.1 Å². The van der Waals surface area contributed by atoms with Gasteiger partial charge in [-0.05, 0) is 37.8 Å². The minimum absolute atomic E-state index is 0. The maximum Gasteiger partial charge on any atom is 0.246 e. The molecule has 0 fully saturated rings. The van der Waals surface area contributed by atoms with Crippen LogP contribution >= 0.6 is 47.5 Å². The van der Waals surface area contributed by atoms with Gasteiger partial charge in [-0.15, -0.1) is 24.8 Å². The Morgan fingerprint density at radius 2 is 1.06 bits per heavy atom. The van der Waals surface area contributed by atoms with Gasteiger partial charge in [-0.2, -0.15) is 0 Å². The second kappa shape index (κ2) is 13.8. The van der Waals surface area contributed by atoms with E-state index in [-0.39, 0.29) is 36.6 Å². The predicted molar refractivity (Wildman–Crippen MR) is 158 cm³/mol. The summed E-state index contributed by atoms with van der Waals surface area (Å²) in [5, 5.41) is 6.90. The first kappa shape index (κ1) is 32.5. The number of nitrogens with two attached hydrogens (primary N) is 2. The number of halogens is 2. The second-order valence-electron chi connectivity index (χ2n) is 9.05. The highest BCUT2D eigenvalue weighted by Crippen LogP contribution is 2.35. The van der Waals surface area contributed by atoms with Gasteiger partial charge in [0.05, 0.1) is 31.5 Å². The third kappa shape index (κ3) is 7.26. The number of hydrogen-bond donors (Lipinski definition) is 4. The normalized spacial score (nSPS) is 11.7. The number of benzene rings is 1. The van der Waals surface area contributed by atoms with E-state index in [1.165, 1.54) is 22.7 Å². The summed E-state index contributed by atoms with van der Waals surface area (Å²) in [6, 6.07) is 3.87. The van der Waals surface area contributed by atoms with E-state index in [1.807, 2.05) is 39.8 Å². The first-order chi connectivity index (χ1) is 16.2. The fraction of sp³-hybridized carbons (Fsp3) is 0.583. The van der Waals surface area contributed by atoms with Gasteiger partial charge in [0.1, 0.15) is 0 Å². The fourth-order valence-corrected chi connectivity index (χ4v) is 6.23. The quantitative estimate of drug-likeness (QED) is 0.202. The lowest BCUT2D eigenvalue weighted by Crippen LogP contribution is -2.51. The summed E-state index contributed by atoms with van der Waals surface area (Å²) < 4.78 is 1.87. The lowest BCUT2D eigenvalue weighted by molar-refractivity contribution is -0.122. The number of carbonyl (C=O) groups is 2. The molecule has 0 atom stereocenters.